The van der Waals surface area contributed by atoms with Crippen LogP contribution in [0.25, 0.3) is 0 Å². The first kappa shape index (κ1) is 24.1. The Kier molecular flexibility index (Phi) is 15.3. The van der Waals surface area contributed by atoms with Crippen LogP contribution in [0.2, 0.25) is 0 Å². The lowest BCUT2D eigenvalue weighted by atomic mass is 10.0. The molecule has 1 aromatic rings. The van der Waals surface area contributed by atoms with Crippen molar-refractivity contribution in [3.05, 3.63) is 29.8 Å². The van der Waals surface area contributed by atoms with Crippen LogP contribution in [0.5, 0.6) is 0 Å². The standard InChI is InChI=1S/C26H47N/c1-4-5-6-7-8-9-10-11-12-13-14-15-16-17-18-19-24-27(3)26-22-20-25(2)21-23-26/h20-23H,4-19,24H2,1-3H3. The fraction of sp³-hybridized carbons (Fsp3) is 0.769. The molecule has 0 heterocycles. The minimum absolute atomic E-state index is 1.18. The summed E-state index contributed by atoms with van der Waals surface area (Å²) < 4.78 is 0. The molecule has 0 aliphatic rings. The fourth-order valence-electron chi connectivity index (χ4n) is 3.83. The quantitative estimate of drug-likeness (QED) is 0.233. The van der Waals surface area contributed by atoms with Crippen LogP contribution >= 0.6 is 0 Å². The lowest BCUT2D eigenvalue weighted by Crippen LogP contribution is -2.18. The van der Waals surface area contributed by atoms with Crippen molar-refractivity contribution >= 4 is 5.69 Å². The van der Waals surface area contributed by atoms with Crippen LogP contribution in [-0.2, 0) is 0 Å². The number of rotatable bonds is 18. The van der Waals surface area contributed by atoms with Gasteiger partial charge in [-0.3, -0.25) is 0 Å². The summed E-state index contributed by atoms with van der Waals surface area (Å²) in [7, 11) is 2.22. The molecule has 1 heteroatoms. The Hall–Kier alpha value is -0.980. The maximum atomic E-state index is 2.39. The van der Waals surface area contributed by atoms with Gasteiger partial charge in [0.2, 0.25) is 0 Å². The van der Waals surface area contributed by atoms with Crippen molar-refractivity contribution in [2.75, 3.05) is 18.5 Å². The summed E-state index contributed by atoms with van der Waals surface area (Å²) in [6.07, 6.45) is 23.0. The molecule has 0 saturated heterocycles. The molecule has 156 valence electrons. The number of nitrogens with zero attached hydrogens (tertiary/aromatic N) is 1. The van der Waals surface area contributed by atoms with Gasteiger partial charge < -0.3 is 4.90 Å². The third-order valence-electron chi connectivity index (χ3n) is 5.82. The summed E-state index contributed by atoms with van der Waals surface area (Å²) >= 11 is 0. The number of unbranched alkanes of at least 4 members (excludes halogenated alkanes) is 15. The molecular weight excluding hydrogens is 326 g/mol. The van der Waals surface area contributed by atoms with E-state index in [2.05, 4.69) is 50.1 Å². The Bertz CT molecular complexity index is 422. The molecule has 0 aliphatic carbocycles. The van der Waals surface area contributed by atoms with Gasteiger partial charge in [0.15, 0.2) is 0 Å². The molecule has 0 spiro atoms. The van der Waals surface area contributed by atoms with Gasteiger partial charge >= 0.3 is 0 Å². The van der Waals surface area contributed by atoms with Gasteiger partial charge in [-0.05, 0) is 25.5 Å². The van der Waals surface area contributed by atoms with E-state index in [1.54, 1.807) is 0 Å². The summed E-state index contributed by atoms with van der Waals surface area (Å²) in [5.74, 6) is 0. The Morgan fingerprint density at radius 1 is 0.556 bits per heavy atom. The second-order valence-corrected chi connectivity index (χ2v) is 8.56. The Balaban J connectivity index is 1.79. The van der Waals surface area contributed by atoms with Gasteiger partial charge in [-0.1, -0.05) is 121 Å². The van der Waals surface area contributed by atoms with Crippen LogP contribution in [0.15, 0.2) is 24.3 Å². The summed E-state index contributed by atoms with van der Waals surface area (Å²) in [5, 5.41) is 0. The summed E-state index contributed by atoms with van der Waals surface area (Å²) in [6, 6.07) is 8.89. The monoisotopic (exact) mass is 373 g/mol. The van der Waals surface area contributed by atoms with E-state index in [0.29, 0.717) is 0 Å². The minimum Gasteiger partial charge on any atom is -0.375 e. The Morgan fingerprint density at radius 3 is 1.33 bits per heavy atom. The molecule has 0 aromatic heterocycles. The van der Waals surface area contributed by atoms with Crippen LogP contribution in [0.4, 0.5) is 5.69 Å². The van der Waals surface area contributed by atoms with Gasteiger partial charge in [0.1, 0.15) is 0 Å². The molecule has 0 unspecified atom stereocenters. The van der Waals surface area contributed by atoms with Gasteiger partial charge in [0, 0.05) is 19.3 Å². The molecule has 1 aromatic carbocycles. The zero-order chi connectivity index (χ0) is 19.6. The average Bonchev–Trinajstić information content (AvgIpc) is 2.68. The zero-order valence-corrected chi connectivity index (χ0v) is 18.8. The number of aryl methyl sites for hydroxylation is 1. The van der Waals surface area contributed by atoms with Gasteiger partial charge in [-0.25, -0.2) is 0 Å². The third kappa shape index (κ3) is 13.8. The fourth-order valence-corrected chi connectivity index (χ4v) is 3.83. The predicted octanol–water partition coefficient (Wildman–Crippen LogP) is 8.69. The van der Waals surface area contributed by atoms with E-state index in [0.717, 1.165) is 0 Å². The number of anilines is 1. The molecule has 0 saturated carbocycles. The zero-order valence-electron chi connectivity index (χ0n) is 18.8. The molecule has 1 rings (SSSR count). The average molecular weight is 374 g/mol. The van der Waals surface area contributed by atoms with Gasteiger partial charge in [-0.2, -0.15) is 0 Å². The summed E-state index contributed by atoms with van der Waals surface area (Å²) in [5.41, 5.74) is 2.69. The second-order valence-electron chi connectivity index (χ2n) is 8.56. The van der Waals surface area contributed by atoms with Gasteiger partial charge in [-0.15, -0.1) is 0 Å². The van der Waals surface area contributed by atoms with Crippen LogP contribution in [0.1, 0.15) is 115 Å². The normalized spacial score (nSPS) is 11.1. The number of hydrogen-bond donors (Lipinski definition) is 0. The largest absolute Gasteiger partial charge is 0.375 e. The van der Waals surface area contributed by atoms with E-state index >= 15 is 0 Å². The highest BCUT2D eigenvalue weighted by atomic mass is 15.1. The highest BCUT2D eigenvalue weighted by Gasteiger charge is 2.00. The first-order chi connectivity index (χ1) is 13.2. The molecule has 27 heavy (non-hydrogen) atoms. The second kappa shape index (κ2) is 17.1. The third-order valence-corrected chi connectivity index (χ3v) is 5.82. The Labute approximate surface area is 170 Å². The first-order valence-electron chi connectivity index (χ1n) is 12.0. The first-order valence-corrected chi connectivity index (χ1v) is 12.0. The van der Waals surface area contributed by atoms with Crippen LogP contribution in [0.3, 0.4) is 0 Å². The number of benzene rings is 1. The van der Waals surface area contributed by atoms with Crippen molar-refractivity contribution < 1.29 is 0 Å². The van der Waals surface area contributed by atoms with E-state index < -0.39 is 0 Å². The maximum Gasteiger partial charge on any atom is 0.0363 e. The minimum atomic E-state index is 1.18. The van der Waals surface area contributed by atoms with E-state index in [9.17, 15) is 0 Å². The molecule has 0 radical (unpaired) electrons. The van der Waals surface area contributed by atoms with Crippen molar-refractivity contribution in [1.29, 1.82) is 0 Å². The molecule has 0 bridgehead atoms. The van der Waals surface area contributed by atoms with Crippen molar-refractivity contribution in [2.45, 2.75) is 117 Å². The molecular formula is C26H47N. The highest BCUT2D eigenvalue weighted by molar-refractivity contribution is 5.46. The van der Waals surface area contributed by atoms with Crippen molar-refractivity contribution in [2.24, 2.45) is 0 Å². The summed E-state index contributed by atoms with van der Waals surface area (Å²) in [4.78, 5) is 2.39. The SMILES string of the molecule is CCCCCCCCCCCCCCCCCCN(C)c1ccc(C)cc1. The molecule has 1 nitrogen and oxygen atoms in total. The smallest absolute Gasteiger partial charge is 0.0363 e. The van der Waals surface area contributed by atoms with Crippen molar-refractivity contribution in [3.8, 4) is 0 Å². The molecule has 0 N–H and O–H groups in total. The van der Waals surface area contributed by atoms with Crippen molar-refractivity contribution in [3.63, 3.8) is 0 Å². The van der Waals surface area contributed by atoms with E-state index in [1.165, 1.54) is 121 Å². The summed E-state index contributed by atoms with van der Waals surface area (Å²) in [6.45, 7) is 5.63. The van der Waals surface area contributed by atoms with Crippen LogP contribution < -0.4 is 4.90 Å². The highest BCUT2D eigenvalue weighted by Crippen LogP contribution is 2.16. The molecule has 0 fully saturated rings. The van der Waals surface area contributed by atoms with Crippen LogP contribution in [-0.4, -0.2) is 13.6 Å². The predicted molar refractivity (Wildman–Crippen MR) is 124 cm³/mol. The Morgan fingerprint density at radius 2 is 0.926 bits per heavy atom. The topological polar surface area (TPSA) is 3.24 Å². The van der Waals surface area contributed by atoms with Crippen molar-refractivity contribution in [1.82, 2.24) is 0 Å². The van der Waals surface area contributed by atoms with Gasteiger partial charge in [0.05, 0.1) is 0 Å². The molecule has 0 atom stereocenters. The van der Waals surface area contributed by atoms with E-state index in [4.69, 9.17) is 0 Å². The van der Waals surface area contributed by atoms with E-state index in [-0.39, 0.29) is 0 Å². The van der Waals surface area contributed by atoms with E-state index in [1.807, 2.05) is 0 Å². The molecule has 0 amide bonds. The number of hydrogen-bond acceptors (Lipinski definition) is 1. The lowest BCUT2D eigenvalue weighted by molar-refractivity contribution is 0.529. The van der Waals surface area contributed by atoms with Gasteiger partial charge in [0.25, 0.3) is 0 Å². The maximum absolute atomic E-state index is 2.39. The van der Waals surface area contributed by atoms with Crippen LogP contribution in [0, 0.1) is 6.92 Å². The molecule has 0 aliphatic heterocycles. The lowest BCUT2D eigenvalue weighted by Gasteiger charge is -2.19.